The molecule has 0 saturated carbocycles. The summed E-state index contributed by atoms with van der Waals surface area (Å²) in [5.41, 5.74) is -0.964. The summed E-state index contributed by atoms with van der Waals surface area (Å²) in [5, 5.41) is 13.0. The molecule has 0 aliphatic heterocycles. The first-order valence-corrected chi connectivity index (χ1v) is 6.43. The van der Waals surface area contributed by atoms with Crippen molar-refractivity contribution in [3.63, 3.8) is 0 Å². The molecule has 21 heavy (non-hydrogen) atoms. The monoisotopic (exact) mass is 299 g/mol. The third kappa shape index (κ3) is 2.93. The number of hydrogen-bond acceptors (Lipinski definition) is 3. The molecule has 0 spiro atoms. The molecule has 8 heteroatoms. The Morgan fingerprint density at radius 3 is 2.62 bits per heavy atom. The molecule has 0 aromatic carbocycles. The zero-order valence-electron chi connectivity index (χ0n) is 11.6. The van der Waals surface area contributed by atoms with Gasteiger partial charge in [0.25, 0.3) is 12.0 Å². The average Bonchev–Trinajstić information content (AvgIpc) is 2.81. The maximum Gasteiger partial charge on any atom is 0.305 e. The molecule has 2 aromatic rings. The standard InChI is InChI=1S/C13H15F2N3O3/c1-7(2)18-6-9-8(12(14)15)5-10(19)17(13(9)16-18)4-3-11(20)21/h5-7,12H,3-4H2,1-2H3,(H,20,21). The van der Waals surface area contributed by atoms with Gasteiger partial charge in [0.1, 0.15) is 0 Å². The van der Waals surface area contributed by atoms with Gasteiger partial charge in [-0.15, -0.1) is 0 Å². The van der Waals surface area contributed by atoms with E-state index >= 15 is 0 Å². The average molecular weight is 299 g/mol. The number of fused-ring (bicyclic) bond motifs is 1. The zero-order valence-corrected chi connectivity index (χ0v) is 11.6. The number of hydrogen-bond donors (Lipinski definition) is 1. The lowest BCUT2D eigenvalue weighted by Gasteiger charge is -2.07. The lowest BCUT2D eigenvalue weighted by Crippen LogP contribution is -2.22. The highest BCUT2D eigenvalue weighted by atomic mass is 19.3. The number of alkyl halides is 2. The highest BCUT2D eigenvalue weighted by Gasteiger charge is 2.19. The molecule has 6 nitrogen and oxygen atoms in total. The number of carbonyl (C=O) groups is 1. The highest BCUT2D eigenvalue weighted by molar-refractivity contribution is 5.79. The van der Waals surface area contributed by atoms with Crippen molar-refractivity contribution in [1.29, 1.82) is 0 Å². The summed E-state index contributed by atoms with van der Waals surface area (Å²) in [7, 11) is 0. The zero-order chi connectivity index (χ0) is 15.7. The van der Waals surface area contributed by atoms with Gasteiger partial charge >= 0.3 is 5.97 Å². The fraction of sp³-hybridized carbons (Fsp3) is 0.462. The van der Waals surface area contributed by atoms with Crippen LogP contribution in [0.4, 0.5) is 8.78 Å². The maximum atomic E-state index is 13.1. The van der Waals surface area contributed by atoms with Crippen LogP contribution in [0.15, 0.2) is 17.1 Å². The van der Waals surface area contributed by atoms with Crippen LogP contribution in [0.2, 0.25) is 0 Å². The molecule has 2 heterocycles. The molecule has 0 saturated heterocycles. The number of carboxylic acid groups (broad SMARTS) is 1. The van der Waals surface area contributed by atoms with E-state index in [9.17, 15) is 18.4 Å². The summed E-state index contributed by atoms with van der Waals surface area (Å²) in [4.78, 5) is 22.6. The molecular formula is C13H15F2N3O3. The Kier molecular flexibility index (Phi) is 4.06. The number of aliphatic carboxylic acids is 1. The minimum absolute atomic E-state index is 0.0639. The van der Waals surface area contributed by atoms with Gasteiger partial charge in [-0.1, -0.05) is 0 Å². The fourth-order valence-corrected chi connectivity index (χ4v) is 2.05. The second-order valence-corrected chi connectivity index (χ2v) is 4.97. The topological polar surface area (TPSA) is 77.1 Å². The molecule has 0 amide bonds. The van der Waals surface area contributed by atoms with Gasteiger partial charge in [0.05, 0.1) is 6.42 Å². The van der Waals surface area contributed by atoms with E-state index in [0.29, 0.717) is 0 Å². The third-order valence-corrected chi connectivity index (χ3v) is 3.14. The number of aromatic nitrogens is 3. The van der Waals surface area contributed by atoms with Crippen molar-refractivity contribution in [2.24, 2.45) is 0 Å². The van der Waals surface area contributed by atoms with E-state index < -0.39 is 18.0 Å². The fourth-order valence-electron chi connectivity index (χ4n) is 2.05. The molecule has 0 aliphatic rings. The van der Waals surface area contributed by atoms with Gasteiger partial charge in [-0.25, -0.2) is 8.78 Å². The summed E-state index contributed by atoms with van der Waals surface area (Å²) >= 11 is 0. The summed E-state index contributed by atoms with van der Waals surface area (Å²) < 4.78 is 28.7. The SMILES string of the molecule is CC(C)n1cc2c(C(F)F)cc(=O)n(CCC(=O)O)c2n1. The molecule has 2 rings (SSSR count). The van der Waals surface area contributed by atoms with Crippen LogP contribution in [0.25, 0.3) is 11.0 Å². The van der Waals surface area contributed by atoms with Crippen LogP contribution in [0, 0.1) is 0 Å². The molecule has 0 aliphatic carbocycles. The Morgan fingerprint density at radius 1 is 1.43 bits per heavy atom. The molecule has 114 valence electrons. The summed E-state index contributed by atoms with van der Waals surface area (Å²) in [6.07, 6.45) is -1.62. The predicted octanol–water partition coefficient (Wildman–Crippen LogP) is 2.19. The van der Waals surface area contributed by atoms with Crippen molar-refractivity contribution < 1.29 is 18.7 Å². The molecule has 0 bridgehead atoms. The number of rotatable bonds is 5. The minimum atomic E-state index is -2.79. The van der Waals surface area contributed by atoms with Crippen molar-refractivity contribution in [1.82, 2.24) is 14.3 Å². The van der Waals surface area contributed by atoms with Crippen LogP contribution in [-0.2, 0) is 11.3 Å². The third-order valence-electron chi connectivity index (χ3n) is 3.14. The van der Waals surface area contributed by atoms with E-state index in [1.54, 1.807) is 0 Å². The number of pyridine rings is 1. The molecule has 0 fully saturated rings. The van der Waals surface area contributed by atoms with Gasteiger partial charge in [-0.3, -0.25) is 18.8 Å². The lowest BCUT2D eigenvalue weighted by atomic mass is 10.2. The second kappa shape index (κ2) is 5.63. The van der Waals surface area contributed by atoms with E-state index in [0.717, 1.165) is 10.6 Å². The lowest BCUT2D eigenvalue weighted by molar-refractivity contribution is -0.137. The van der Waals surface area contributed by atoms with Crippen molar-refractivity contribution >= 4 is 17.0 Å². The maximum absolute atomic E-state index is 13.1. The van der Waals surface area contributed by atoms with Crippen molar-refractivity contribution in [2.45, 2.75) is 39.3 Å². The first-order chi connectivity index (χ1) is 9.81. The van der Waals surface area contributed by atoms with Crippen molar-refractivity contribution in [3.05, 3.63) is 28.2 Å². The summed E-state index contributed by atoms with van der Waals surface area (Å²) in [6.45, 7) is 3.55. The van der Waals surface area contributed by atoms with Crippen molar-refractivity contribution in [2.75, 3.05) is 0 Å². The van der Waals surface area contributed by atoms with Gasteiger partial charge in [0.15, 0.2) is 5.65 Å². The highest BCUT2D eigenvalue weighted by Crippen LogP contribution is 2.26. The van der Waals surface area contributed by atoms with Crippen LogP contribution < -0.4 is 5.56 Å². The van der Waals surface area contributed by atoms with E-state index in [2.05, 4.69) is 5.10 Å². The van der Waals surface area contributed by atoms with Crippen LogP contribution in [-0.4, -0.2) is 25.4 Å². The molecule has 0 atom stereocenters. The molecule has 2 aromatic heterocycles. The van der Waals surface area contributed by atoms with Crippen molar-refractivity contribution in [3.8, 4) is 0 Å². The van der Waals surface area contributed by atoms with Gasteiger partial charge in [0.2, 0.25) is 0 Å². The number of aryl methyl sites for hydroxylation is 1. The van der Waals surface area contributed by atoms with Gasteiger partial charge in [0, 0.05) is 35.8 Å². The second-order valence-electron chi connectivity index (χ2n) is 4.97. The van der Waals surface area contributed by atoms with Gasteiger partial charge < -0.3 is 5.11 Å². The summed E-state index contributed by atoms with van der Waals surface area (Å²) in [6, 6.07) is 0.784. The molecule has 1 N–H and O–H groups in total. The van der Waals surface area contributed by atoms with Crippen LogP contribution in [0.1, 0.15) is 38.3 Å². The Labute approximate surface area is 118 Å². The largest absolute Gasteiger partial charge is 0.481 e. The number of carboxylic acids is 1. The Bertz CT molecular complexity index is 734. The Hall–Kier alpha value is -2.25. The number of halogens is 2. The van der Waals surface area contributed by atoms with Gasteiger partial charge in [-0.05, 0) is 13.8 Å². The van der Waals surface area contributed by atoms with Crippen LogP contribution in [0.5, 0.6) is 0 Å². The smallest absolute Gasteiger partial charge is 0.305 e. The van der Waals surface area contributed by atoms with E-state index in [-0.39, 0.29) is 35.6 Å². The quantitative estimate of drug-likeness (QED) is 0.918. The van der Waals surface area contributed by atoms with Gasteiger partial charge in [-0.2, -0.15) is 5.10 Å². The normalized spacial score (nSPS) is 11.7. The summed E-state index contributed by atoms with van der Waals surface area (Å²) in [5.74, 6) is -1.07. The molecule has 0 radical (unpaired) electrons. The molecule has 0 unspecified atom stereocenters. The van der Waals surface area contributed by atoms with Crippen LogP contribution in [0.3, 0.4) is 0 Å². The van der Waals surface area contributed by atoms with E-state index in [1.807, 2.05) is 13.8 Å². The minimum Gasteiger partial charge on any atom is -0.481 e. The van der Waals surface area contributed by atoms with E-state index in [4.69, 9.17) is 5.11 Å². The van der Waals surface area contributed by atoms with E-state index in [1.165, 1.54) is 10.9 Å². The Balaban J connectivity index is 2.68. The number of nitrogens with zero attached hydrogens (tertiary/aromatic N) is 3. The predicted molar refractivity (Wildman–Crippen MR) is 71.6 cm³/mol. The first kappa shape index (κ1) is 15.1. The first-order valence-electron chi connectivity index (χ1n) is 6.43. The molecular weight excluding hydrogens is 284 g/mol. The van der Waals surface area contributed by atoms with Crippen LogP contribution >= 0.6 is 0 Å². The Morgan fingerprint density at radius 2 is 2.10 bits per heavy atom.